The molecule has 2 saturated heterocycles. The Balaban J connectivity index is 1.77. The topological polar surface area (TPSA) is 114 Å². The van der Waals surface area contributed by atoms with Crippen LogP contribution in [0.25, 0.3) is 11.3 Å². The summed E-state index contributed by atoms with van der Waals surface area (Å²) in [6.07, 6.45) is -1.28. The molecule has 1 aromatic carbocycles. The Morgan fingerprint density at radius 1 is 1.19 bits per heavy atom. The highest BCUT2D eigenvalue weighted by atomic mass is 32.1. The molecule has 1 unspecified atom stereocenters. The van der Waals surface area contributed by atoms with Crippen molar-refractivity contribution < 1.29 is 27.9 Å². The van der Waals surface area contributed by atoms with Gasteiger partial charge in [-0.15, -0.1) is 5.10 Å². The zero-order valence-corrected chi connectivity index (χ0v) is 18.2. The Kier molecular flexibility index (Phi) is 4.57. The number of amides is 4. The van der Waals surface area contributed by atoms with Crippen LogP contribution in [0.1, 0.15) is 24.3 Å². The Labute approximate surface area is 185 Å². The molecule has 2 fully saturated rings. The van der Waals surface area contributed by atoms with Crippen molar-refractivity contribution in [2.75, 3.05) is 11.4 Å². The molecule has 1 spiro atoms. The molecule has 3 aliphatic rings. The minimum Gasteiger partial charge on any atom is -0.372 e. The van der Waals surface area contributed by atoms with Crippen LogP contribution in [-0.4, -0.2) is 52.2 Å². The van der Waals surface area contributed by atoms with E-state index < -0.39 is 47.0 Å². The lowest BCUT2D eigenvalue weighted by Crippen LogP contribution is -2.75. The second-order valence-corrected chi connectivity index (χ2v) is 9.33. The van der Waals surface area contributed by atoms with E-state index in [2.05, 4.69) is 20.2 Å². The monoisotopic (exact) mass is 463 g/mol. The van der Waals surface area contributed by atoms with Crippen molar-refractivity contribution in [1.82, 2.24) is 20.2 Å². The first-order valence-electron chi connectivity index (χ1n) is 10.0. The molecule has 32 heavy (non-hydrogen) atoms. The number of urea groups is 1. The largest absolute Gasteiger partial charge is 0.372 e. The van der Waals surface area contributed by atoms with Crippen LogP contribution in [0.2, 0.25) is 0 Å². The molecule has 4 amide bonds. The second kappa shape index (κ2) is 7.01. The van der Waals surface area contributed by atoms with E-state index in [-0.39, 0.29) is 41.6 Å². The number of hydrogen-bond acceptors (Lipinski definition) is 8. The summed E-state index contributed by atoms with van der Waals surface area (Å²) in [6, 6.07) is -0.449. The van der Waals surface area contributed by atoms with Crippen LogP contribution in [-0.2, 0) is 20.7 Å². The van der Waals surface area contributed by atoms with Crippen molar-refractivity contribution in [2.45, 2.75) is 45.4 Å². The summed E-state index contributed by atoms with van der Waals surface area (Å²) in [4.78, 5) is 40.2. The minimum atomic E-state index is -1.77. The number of aryl methyl sites for hydroxylation is 1. The third kappa shape index (κ3) is 2.72. The van der Waals surface area contributed by atoms with Crippen molar-refractivity contribution >= 4 is 35.1 Å². The fourth-order valence-corrected chi connectivity index (χ4v) is 5.67. The van der Waals surface area contributed by atoms with Crippen molar-refractivity contribution in [3.63, 3.8) is 0 Å². The molecule has 0 aliphatic carbocycles. The van der Waals surface area contributed by atoms with Crippen LogP contribution in [0.15, 0.2) is 6.07 Å². The number of anilines is 1. The van der Waals surface area contributed by atoms with Crippen molar-refractivity contribution in [2.24, 2.45) is 5.41 Å². The zero-order valence-electron chi connectivity index (χ0n) is 17.4. The molecule has 0 saturated carbocycles. The maximum Gasteiger partial charge on any atom is 0.328 e. The SMILES string of the molecule is Cc1snnc1-c1cc2c(c(F)c1F)N1C[C@H](C)O[C@H](C)C1C1(C2)C(=O)NC(=O)NC1=O. The van der Waals surface area contributed by atoms with Crippen LogP contribution in [0, 0.1) is 24.0 Å². The average molecular weight is 463 g/mol. The van der Waals surface area contributed by atoms with Gasteiger partial charge in [-0.25, -0.2) is 13.6 Å². The number of carbonyl (C=O) groups is 3. The number of halogens is 2. The highest BCUT2D eigenvalue weighted by molar-refractivity contribution is 7.05. The number of aromatic nitrogens is 2. The number of ether oxygens (including phenoxy) is 1. The number of fused-ring (bicyclic) bond motifs is 4. The fraction of sp³-hybridized carbons (Fsp3) is 0.450. The van der Waals surface area contributed by atoms with Gasteiger partial charge in [0, 0.05) is 18.5 Å². The molecule has 5 rings (SSSR count). The number of barbiturate groups is 1. The summed E-state index contributed by atoms with van der Waals surface area (Å²) in [5.41, 5.74) is -1.41. The maximum atomic E-state index is 15.5. The first-order chi connectivity index (χ1) is 15.1. The quantitative estimate of drug-likeness (QED) is 0.619. The number of nitrogens with one attached hydrogen (secondary N) is 2. The summed E-state index contributed by atoms with van der Waals surface area (Å²) >= 11 is 1.05. The predicted octanol–water partition coefficient (Wildman–Crippen LogP) is 1.68. The summed E-state index contributed by atoms with van der Waals surface area (Å²) in [6.45, 7) is 5.26. The number of benzene rings is 1. The van der Waals surface area contributed by atoms with E-state index in [4.69, 9.17) is 4.74 Å². The van der Waals surface area contributed by atoms with Crippen LogP contribution >= 0.6 is 11.5 Å². The van der Waals surface area contributed by atoms with Crippen LogP contribution in [0.3, 0.4) is 0 Å². The van der Waals surface area contributed by atoms with E-state index in [1.807, 2.05) is 0 Å². The molecule has 1 aromatic heterocycles. The summed E-state index contributed by atoms with van der Waals surface area (Å²) in [7, 11) is 0. The molecule has 4 heterocycles. The molecular formula is C20H19F2N5O4S. The normalized spacial score (nSPS) is 26.5. The maximum absolute atomic E-state index is 15.5. The van der Waals surface area contributed by atoms with E-state index in [1.165, 1.54) is 11.0 Å². The number of hydrogen-bond donors (Lipinski definition) is 2. The van der Waals surface area contributed by atoms with Gasteiger partial charge < -0.3 is 9.64 Å². The van der Waals surface area contributed by atoms with Gasteiger partial charge in [0.1, 0.15) is 5.69 Å². The molecular weight excluding hydrogens is 444 g/mol. The number of nitrogens with zero attached hydrogens (tertiary/aromatic N) is 3. The van der Waals surface area contributed by atoms with Gasteiger partial charge in [0.05, 0.1) is 28.8 Å². The van der Waals surface area contributed by atoms with Crippen LogP contribution in [0.5, 0.6) is 0 Å². The third-order valence-corrected chi connectivity index (χ3v) is 7.00. The Morgan fingerprint density at radius 3 is 2.50 bits per heavy atom. The molecule has 12 heteroatoms. The lowest BCUT2D eigenvalue weighted by Gasteiger charge is -2.55. The number of carbonyl (C=O) groups excluding carboxylic acids is 3. The fourth-order valence-electron chi connectivity index (χ4n) is 5.19. The van der Waals surface area contributed by atoms with E-state index in [0.717, 1.165) is 11.5 Å². The first kappa shape index (κ1) is 20.9. The lowest BCUT2D eigenvalue weighted by molar-refractivity contribution is -0.153. The standard InChI is InChI=1S/C20H19F2N5O4S/c1-7-6-27-15-10(4-11(12(21)13(15)22)14-9(3)32-26-25-14)5-20(16(27)8(2)31-7)17(28)23-19(30)24-18(20)29/h4,7-8,16H,5-6H2,1-3H3,(H2,23,24,28,29,30)/t7-,8+,16?/m0/s1. The number of imide groups is 2. The Hall–Kier alpha value is -2.99. The molecule has 0 bridgehead atoms. The first-order valence-corrected chi connectivity index (χ1v) is 10.8. The van der Waals surface area contributed by atoms with Crippen LogP contribution < -0.4 is 15.5 Å². The van der Waals surface area contributed by atoms with Gasteiger partial charge in [0.15, 0.2) is 17.0 Å². The minimum absolute atomic E-state index is 0.0118. The third-order valence-electron chi connectivity index (χ3n) is 6.37. The highest BCUT2D eigenvalue weighted by Crippen LogP contribution is 2.49. The molecule has 3 aliphatic heterocycles. The molecule has 2 aromatic rings. The van der Waals surface area contributed by atoms with Crippen LogP contribution in [0.4, 0.5) is 19.3 Å². The predicted molar refractivity (Wildman–Crippen MR) is 109 cm³/mol. The molecule has 168 valence electrons. The molecule has 9 nitrogen and oxygen atoms in total. The Morgan fingerprint density at radius 2 is 1.88 bits per heavy atom. The van der Waals surface area contributed by atoms with Crippen molar-refractivity contribution in [3.05, 3.63) is 28.1 Å². The van der Waals surface area contributed by atoms with E-state index >= 15 is 8.78 Å². The Bertz CT molecular complexity index is 1160. The van der Waals surface area contributed by atoms with Crippen molar-refractivity contribution in [1.29, 1.82) is 0 Å². The van der Waals surface area contributed by atoms with Gasteiger partial charge in [0.2, 0.25) is 11.8 Å². The summed E-state index contributed by atoms with van der Waals surface area (Å²) < 4.78 is 40.4. The van der Waals surface area contributed by atoms with Crippen molar-refractivity contribution in [3.8, 4) is 11.3 Å². The van der Waals surface area contributed by atoms with Gasteiger partial charge >= 0.3 is 6.03 Å². The van der Waals surface area contributed by atoms with Gasteiger partial charge in [0.25, 0.3) is 0 Å². The number of morpholine rings is 1. The second-order valence-electron chi connectivity index (χ2n) is 8.37. The van der Waals surface area contributed by atoms with E-state index in [9.17, 15) is 14.4 Å². The van der Waals surface area contributed by atoms with Gasteiger partial charge in [-0.3, -0.25) is 20.2 Å². The van der Waals surface area contributed by atoms with Gasteiger partial charge in [-0.05, 0) is 43.9 Å². The van der Waals surface area contributed by atoms with E-state index in [0.29, 0.717) is 4.88 Å². The number of rotatable bonds is 1. The molecule has 3 atom stereocenters. The summed E-state index contributed by atoms with van der Waals surface area (Å²) in [5.74, 6) is -3.75. The van der Waals surface area contributed by atoms with Gasteiger partial charge in [-0.1, -0.05) is 4.49 Å². The highest BCUT2D eigenvalue weighted by Gasteiger charge is 2.63. The smallest absolute Gasteiger partial charge is 0.328 e. The average Bonchev–Trinajstić information content (AvgIpc) is 3.13. The van der Waals surface area contributed by atoms with E-state index in [1.54, 1.807) is 20.8 Å². The zero-order chi connectivity index (χ0) is 22.9. The molecule has 2 N–H and O–H groups in total. The summed E-state index contributed by atoms with van der Waals surface area (Å²) in [5, 5.41) is 8.24. The molecule has 0 radical (unpaired) electrons. The lowest BCUT2D eigenvalue weighted by atomic mass is 9.66. The van der Waals surface area contributed by atoms with Gasteiger partial charge in [-0.2, -0.15) is 0 Å².